The summed E-state index contributed by atoms with van der Waals surface area (Å²) in [6.45, 7) is 1.22. The quantitative estimate of drug-likeness (QED) is 0.838. The van der Waals surface area contributed by atoms with Crippen LogP contribution in [0.2, 0.25) is 0 Å². The van der Waals surface area contributed by atoms with E-state index in [-0.39, 0.29) is 18.2 Å². The van der Waals surface area contributed by atoms with Crippen molar-refractivity contribution in [3.05, 3.63) is 48.4 Å². The number of nitrogens with zero attached hydrogens (tertiary/aromatic N) is 1. The maximum atomic E-state index is 12.1. The van der Waals surface area contributed by atoms with Gasteiger partial charge in [0.2, 0.25) is 0 Å². The van der Waals surface area contributed by atoms with Crippen LogP contribution in [0, 0.1) is 0 Å². The van der Waals surface area contributed by atoms with Gasteiger partial charge in [-0.2, -0.15) is 0 Å². The van der Waals surface area contributed by atoms with Gasteiger partial charge < -0.3 is 24.5 Å². The number of nitrogens with one attached hydrogen (secondary N) is 2. The van der Waals surface area contributed by atoms with E-state index in [2.05, 4.69) is 10.6 Å². The normalized spacial score (nSPS) is 17.2. The van der Waals surface area contributed by atoms with Crippen LogP contribution in [0.3, 0.4) is 0 Å². The zero-order valence-electron chi connectivity index (χ0n) is 14.4. The van der Waals surface area contributed by atoms with Crippen molar-refractivity contribution in [2.75, 3.05) is 33.8 Å². The molecule has 1 aromatic carbocycles. The average molecular weight is 345 g/mol. The maximum absolute atomic E-state index is 12.1. The standard InChI is InChI=1S/C18H23N3O4/c1-21(2)14(15-8-5-9-23-15)11-20-18(22)19-10-13-12-24-16-6-3-4-7-17(16)25-13/h3-9,13-14H,10-12H2,1-2H3,(H2,19,20,22)/t13-,14-/m0/s1. The fraction of sp³-hybridized carbons (Fsp3) is 0.389. The Kier molecular flexibility index (Phi) is 5.45. The largest absolute Gasteiger partial charge is 0.486 e. The molecule has 2 atom stereocenters. The second-order valence-electron chi connectivity index (χ2n) is 6.08. The predicted molar refractivity (Wildman–Crippen MR) is 92.9 cm³/mol. The lowest BCUT2D eigenvalue weighted by molar-refractivity contribution is 0.0917. The molecule has 1 aromatic heterocycles. The summed E-state index contributed by atoms with van der Waals surface area (Å²) in [5, 5.41) is 5.68. The molecule has 2 amide bonds. The van der Waals surface area contributed by atoms with Gasteiger partial charge in [-0.25, -0.2) is 4.79 Å². The van der Waals surface area contributed by atoms with Crippen molar-refractivity contribution in [2.24, 2.45) is 0 Å². The molecule has 0 aliphatic carbocycles. The lowest BCUT2D eigenvalue weighted by Gasteiger charge is -2.27. The Morgan fingerprint density at radius 3 is 2.72 bits per heavy atom. The third-order valence-corrected chi connectivity index (χ3v) is 4.01. The second-order valence-corrected chi connectivity index (χ2v) is 6.08. The lowest BCUT2D eigenvalue weighted by atomic mass is 10.2. The third kappa shape index (κ3) is 4.45. The number of rotatable bonds is 6. The summed E-state index contributed by atoms with van der Waals surface area (Å²) in [6.07, 6.45) is 1.42. The van der Waals surface area contributed by atoms with E-state index in [9.17, 15) is 4.79 Å². The van der Waals surface area contributed by atoms with Gasteiger partial charge in [-0.3, -0.25) is 4.90 Å². The molecule has 134 valence electrons. The first-order valence-corrected chi connectivity index (χ1v) is 8.23. The van der Waals surface area contributed by atoms with E-state index in [0.717, 1.165) is 11.5 Å². The van der Waals surface area contributed by atoms with Gasteiger partial charge in [0.25, 0.3) is 0 Å². The van der Waals surface area contributed by atoms with Crippen molar-refractivity contribution in [1.82, 2.24) is 15.5 Å². The van der Waals surface area contributed by atoms with Crippen LogP contribution in [-0.4, -0.2) is 50.8 Å². The summed E-state index contributed by atoms with van der Waals surface area (Å²) < 4.78 is 16.9. The van der Waals surface area contributed by atoms with Crippen molar-refractivity contribution < 1.29 is 18.7 Å². The van der Waals surface area contributed by atoms with Gasteiger partial charge in [-0.05, 0) is 38.4 Å². The number of ether oxygens (including phenoxy) is 2. The molecular formula is C18H23N3O4. The molecule has 0 radical (unpaired) electrons. The van der Waals surface area contributed by atoms with E-state index in [0.29, 0.717) is 25.4 Å². The Bertz CT molecular complexity index is 687. The number of urea groups is 1. The Labute approximate surface area is 146 Å². The first kappa shape index (κ1) is 17.2. The van der Waals surface area contributed by atoms with Crippen molar-refractivity contribution in [1.29, 1.82) is 0 Å². The highest BCUT2D eigenvalue weighted by molar-refractivity contribution is 5.73. The lowest BCUT2D eigenvalue weighted by Crippen LogP contribution is -2.46. The van der Waals surface area contributed by atoms with Crippen LogP contribution < -0.4 is 20.1 Å². The van der Waals surface area contributed by atoms with Crippen LogP contribution in [0.4, 0.5) is 4.79 Å². The van der Waals surface area contributed by atoms with Gasteiger partial charge in [-0.1, -0.05) is 12.1 Å². The second kappa shape index (κ2) is 7.94. The fourth-order valence-electron chi connectivity index (χ4n) is 2.64. The van der Waals surface area contributed by atoms with Gasteiger partial charge >= 0.3 is 6.03 Å². The molecule has 2 aromatic rings. The maximum Gasteiger partial charge on any atom is 0.314 e. The van der Waals surface area contributed by atoms with E-state index in [4.69, 9.17) is 13.9 Å². The van der Waals surface area contributed by atoms with Crippen LogP contribution in [-0.2, 0) is 0 Å². The number of carbonyl (C=O) groups is 1. The zero-order chi connectivity index (χ0) is 17.6. The molecule has 0 saturated heterocycles. The highest BCUT2D eigenvalue weighted by atomic mass is 16.6. The number of para-hydroxylation sites is 2. The van der Waals surface area contributed by atoms with Crippen LogP contribution in [0.25, 0.3) is 0 Å². The monoisotopic (exact) mass is 345 g/mol. The molecule has 2 N–H and O–H groups in total. The van der Waals surface area contributed by atoms with Gasteiger partial charge in [0.05, 0.1) is 18.8 Å². The van der Waals surface area contributed by atoms with Crippen LogP contribution in [0.5, 0.6) is 11.5 Å². The molecular weight excluding hydrogens is 322 g/mol. The van der Waals surface area contributed by atoms with Gasteiger partial charge in [-0.15, -0.1) is 0 Å². The van der Waals surface area contributed by atoms with Crippen molar-refractivity contribution in [3.63, 3.8) is 0 Å². The molecule has 7 nitrogen and oxygen atoms in total. The molecule has 25 heavy (non-hydrogen) atoms. The average Bonchev–Trinajstić information content (AvgIpc) is 3.14. The Morgan fingerprint density at radius 2 is 2.00 bits per heavy atom. The first-order valence-electron chi connectivity index (χ1n) is 8.23. The summed E-state index contributed by atoms with van der Waals surface area (Å²) in [7, 11) is 3.88. The number of fused-ring (bicyclic) bond motifs is 1. The molecule has 0 saturated carbocycles. The highest BCUT2D eigenvalue weighted by Gasteiger charge is 2.22. The summed E-state index contributed by atoms with van der Waals surface area (Å²) >= 11 is 0. The van der Waals surface area contributed by atoms with E-state index in [1.54, 1.807) is 6.26 Å². The number of likely N-dealkylation sites (N-methyl/N-ethyl adjacent to an activating group) is 1. The van der Waals surface area contributed by atoms with E-state index >= 15 is 0 Å². The molecule has 0 fully saturated rings. The van der Waals surface area contributed by atoms with E-state index < -0.39 is 0 Å². The number of carbonyl (C=O) groups excluding carboxylic acids is 1. The Balaban J connectivity index is 1.44. The molecule has 7 heteroatoms. The van der Waals surface area contributed by atoms with Gasteiger partial charge in [0.15, 0.2) is 17.6 Å². The van der Waals surface area contributed by atoms with Gasteiger partial charge in [0.1, 0.15) is 12.4 Å². The minimum Gasteiger partial charge on any atom is -0.486 e. The smallest absolute Gasteiger partial charge is 0.314 e. The number of hydrogen-bond acceptors (Lipinski definition) is 5. The molecule has 0 bridgehead atoms. The minimum atomic E-state index is -0.249. The summed E-state index contributed by atoms with van der Waals surface area (Å²) in [4.78, 5) is 14.1. The molecule has 1 aliphatic heterocycles. The van der Waals surface area contributed by atoms with Gasteiger partial charge in [0, 0.05) is 6.54 Å². The Morgan fingerprint density at radius 1 is 1.20 bits per heavy atom. The molecule has 3 rings (SSSR count). The van der Waals surface area contributed by atoms with E-state index in [1.165, 1.54) is 0 Å². The number of benzene rings is 1. The molecule has 2 heterocycles. The summed E-state index contributed by atoms with van der Waals surface area (Å²) in [5.74, 6) is 2.24. The van der Waals surface area contributed by atoms with Crippen LogP contribution in [0.15, 0.2) is 47.1 Å². The molecule has 0 spiro atoms. The SMILES string of the molecule is CN(C)[C@@H](CNC(=O)NC[C@H]1COc2ccccc2O1)c1ccco1. The first-order chi connectivity index (χ1) is 12.1. The highest BCUT2D eigenvalue weighted by Crippen LogP contribution is 2.30. The van der Waals surface area contributed by atoms with Crippen LogP contribution in [0.1, 0.15) is 11.8 Å². The zero-order valence-corrected chi connectivity index (χ0v) is 14.4. The Hall–Kier alpha value is -2.67. The number of amides is 2. The van der Waals surface area contributed by atoms with E-state index in [1.807, 2.05) is 55.4 Å². The molecule has 1 aliphatic rings. The molecule has 0 unspecified atom stereocenters. The topological polar surface area (TPSA) is 76.0 Å². The minimum absolute atomic E-state index is 0.0260. The van der Waals surface area contributed by atoms with Crippen molar-refractivity contribution in [2.45, 2.75) is 12.1 Å². The number of furan rings is 1. The van der Waals surface area contributed by atoms with Crippen molar-refractivity contribution >= 4 is 6.03 Å². The predicted octanol–water partition coefficient (Wildman–Crippen LogP) is 2.02. The fourth-order valence-corrected chi connectivity index (χ4v) is 2.64. The summed E-state index contributed by atoms with van der Waals surface area (Å²) in [5.41, 5.74) is 0. The third-order valence-electron chi connectivity index (χ3n) is 4.01. The van der Waals surface area contributed by atoms with Crippen LogP contribution >= 0.6 is 0 Å². The summed E-state index contributed by atoms with van der Waals surface area (Å²) in [6, 6.07) is 11.0. The van der Waals surface area contributed by atoms with Crippen molar-refractivity contribution in [3.8, 4) is 11.5 Å². The number of hydrogen-bond donors (Lipinski definition) is 2.